The number of carboxylic acids is 1. The summed E-state index contributed by atoms with van der Waals surface area (Å²) in [6.07, 6.45) is -6.94. The molecule has 1 aromatic heterocycles. The topological polar surface area (TPSA) is 265 Å². The first-order chi connectivity index (χ1) is 18.0. The number of hydrogen-bond acceptors (Lipinski definition) is 15. The first kappa shape index (κ1) is 31.1. The Kier molecular flexibility index (Phi) is 11.6. The van der Waals surface area contributed by atoms with Gasteiger partial charge in [-0.25, -0.2) is 9.59 Å². The monoisotopic (exact) mass is 559 g/mol. The second kappa shape index (κ2) is 14.2. The molecule has 7 N–H and O–H groups in total. The summed E-state index contributed by atoms with van der Waals surface area (Å²) in [5, 5.41) is 57.2. The Morgan fingerprint density at radius 3 is 2.63 bits per heavy atom. The molecule has 2 heterocycles. The maximum atomic E-state index is 13.0. The zero-order valence-corrected chi connectivity index (χ0v) is 21.7. The number of nitrogens with one attached hydrogen (secondary N) is 2. The number of carboxylic acid groups (broad SMARTS) is 1. The first-order valence-electron chi connectivity index (χ1n) is 11.3. The maximum absolute atomic E-state index is 13.0. The first-order valence-corrected chi connectivity index (χ1v) is 12.3. The third kappa shape index (κ3) is 7.48. The van der Waals surface area contributed by atoms with Crippen molar-refractivity contribution in [2.45, 2.75) is 62.8 Å². The van der Waals surface area contributed by atoms with Crippen molar-refractivity contribution in [1.29, 1.82) is 10.7 Å². The third-order valence-electron chi connectivity index (χ3n) is 5.14. The van der Waals surface area contributed by atoms with Crippen molar-refractivity contribution < 1.29 is 43.6 Å². The molecule has 8 unspecified atom stereocenters. The Labute approximate surface area is 218 Å². The molecule has 1 aromatic rings. The van der Waals surface area contributed by atoms with E-state index in [4.69, 9.17) is 35.1 Å². The number of nitrogens with zero attached hydrogens (tertiary/aromatic N) is 4. The molecule has 18 heteroatoms. The minimum absolute atomic E-state index is 0.00871. The Bertz CT molecular complexity index is 1110. The van der Waals surface area contributed by atoms with Crippen molar-refractivity contribution in [2.75, 3.05) is 25.6 Å². The number of ether oxygens (including phenoxy) is 3. The lowest BCUT2D eigenvalue weighted by atomic mass is 10.1. The number of anilines is 1. The van der Waals surface area contributed by atoms with E-state index in [1.807, 2.05) is 6.07 Å². The Morgan fingerprint density at radius 1 is 1.39 bits per heavy atom. The van der Waals surface area contributed by atoms with Gasteiger partial charge in [-0.1, -0.05) is 5.21 Å². The quantitative estimate of drug-likeness (QED) is 0.0809. The lowest BCUT2D eigenvalue weighted by Gasteiger charge is -2.20. The average molecular weight is 559 g/mol. The predicted octanol–water partition coefficient (Wildman–Crippen LogP) is -2.10. The van der Waals surface area contributed by atoms with Crippen molar-refractivity contribution in [1.82, 2.24) is 15.0 Å². The fourth-order valence-corrected chi connectivity index (χ4v) is 3.99. The van der Waals surface area contributed by atoms with Gasteiger partial charge in [-0.15, -0.1) is 5.10 Å². The van der Waals surface area contributed by atoms with E-state index >= 15 is 0 Å². The minimum atomic E-state index is -1.70. The van der Waals surface area contributed by atoms with Crippen LogP contribution in [0.2, 0.25) is 0 Å². The molecule has 1 saturated heterocycles. The van der Waals surface area contributed by atoms with Gasteiger partial charge in [0.15, 0.2) is 17.8 Å². The molecule has 2 rings (SSSR count). The summed E-state index contributed by atoms with van der Waals surface area (Å²) in [6, 6.07) is 1.52. The molecule has 0 aliphatic carbocycles. The number of nitriles is 1. The standard InChI is InChI=1S/C20H30N7O10P/c1-4-34-19(33)11(23)12-13(24-3)16(30)27(26-25-12)17-15(29)14(28)10(36-17)7-35-20(18(31)32)38-37-9(6-21)5-8(2)22/h8-10,14-15,17,20,23-24,28-29,38H,4-5,7,22H2,1-3H3,(H,31,32). The van der Waals surface area contributed by atoms with Crippen LogP contribution in [0.4, 0.5) is 5.69 Å². The fraction of sp³-hybridized carbons (Fsp3) is 0.650. The molecule has 8 atom stereocenters. The van der Waals surface area contributed by atoms with Crippen LogP contribution in [-0.4, -0.2) is 105 Å². The number of carbonyl (C=O) groups is 2. The van der Waals surface area contributed by atoms with Crippen molar-refractivity contribution in [2.24, 2.45) is 5.73 Å². The van der Waals surface area contributed by atoms with Crippen LogP contribution < -0.4 is 16.6 Å². The summed E-state index contributed by atoms with van der Waals surface area (Å²) in [5.74, 6) is -3.94. The average Bonchev–Trinajstić information content (AvgIpc) is 3.15. The summed E-state index contributed by atoms with van der Waals surface area (Å²) in [5.41, 5.74) is 3.26. The van der Waals surface area contributed by atoms with Gasteiger partial charge in [0.1, 0.15) is 35.8 Å². The molecule has 0 radical (unpaired) electrons. The molecule has 1 fully saturated rings. The number of carbonyl (C=O) groups excluding carboxylic acids is 1. The molecule has 0 aromatic carbocycles. The number of aliphatic hydroxyl groups excluding tert-OH is 2. The zero-order chi connectivity index (χ0) is 28.6. The number of nitrogens with two attached hydrogens (primary N) is 1. The van der Waals surface area contributed by atoms with Crippen LogP contribution in [0.25, 0.3) is 0 Å². The van der Waals surface area contributed by atoms with Gasteiger partial charge in [-0.2, -0.15) is 9.94 Å². The van der Waals surface area contributed by atoms with Crippen molar-refractivity contribution in [3.63, 3.8) is 0 Å². The van der Waals surface area contributed by atoms with E-state index in [0.29, 0.717) is 4.68 Å². The molecule has 0 amide bonds. The molecule has 1 aliphatic rings. The molecule has 1 aliphatic heterocycles. The molecule has 17 nitrogen and oxygen atoms in total. The zero-order valence-electron chi connectivity index (χ0n) is 20.7. The second-order valence-corrected chi connectivity index (χ2v) is 9.07. The highest BCUT2D eigenvalue weighted by Gasteiger charge is 2.46. The number of hydrogen-bond donors (Lipinski definition) is 6. The highest BCUT2D eigenvalue weighted by atomic mass is 31.1. The summed E-state index contributed by atoms with van der Waals surface area (Å²) in [4.78, 5) is 36.4. The highest BCUT2D eigenvalue weighted by Crippen LogP contribution is 2.31. The van der Waals surface area contributed by atoms with E-state index in [9.17, 15) is 29.7 Å². The van der Waals surface area contributed by atoms with E-state index in [-0.39, 0.29) is 24.8 Å². The van der Waals surface area contributed by atoms with E-state index < -0.39 is 80.8 Å². The molecule has 210 valence electrons. The van der Waals surface area contributed by atoms with Crippen molar-refractivity contribution in [3.05, 3.63) is 16.0 Å². The van der Waals surface area contributed by atoms with Gasteiger partial charge >= 0.3 is 11.9 Å². The lowest BCUT2D eigenvalue weighted by molar-refractivity contribution is -0.148. The van der Waals surface area contributed by atoms with E-state index in [1.165, 1.54) is 14.0 Å². The Hall–Kier alpha value is -3.10. The van der Waals surface area contributed by atoms with Crippen LogP contribution in [0.1, 0.15) is 32.2 Å². The molecule has 0 saturated carbocycles. The van der Waals surface area contributed by atoms with Crippen LogP contribution in [0.5, 0.6) is 0 Å². The van der Waals surface area contributed by atoms with Crippen LogP contribution in [0.3, 0.4) is 0 Å². The highest BCUT2D eigenvalue weighted by molar-refractivity contribution is 7.34. The van der Waals surface area contributed by atoms with E-state index in [2.05, 4.69) is 15.6 Å². The van der Waals surface area contributed by atoms with Crippen LogP contribution in [-0.2, 0) is 28.3 Å². The number of esters is 1. The summed E-state index contributed by atoms with van der Waals surface area (Å²) in [7, 11) is 0.548. The van der Waals surface area contributed by atoms with Gasteiger partial charge in [-0.05, 0) is 13.8 Å². The van der Waals surface area contributed by atoms with Crippen LogP contribution in [0, 0.1) is 16.7 Å². The molecular weight excluding hydrogens is 529 g/mol. The van der Waals surface area contributed by atoms with Gasteiger partial charge in [0.05, 0.1) is 28.1 Å². The normalized spacial score (nSPS) is 23.5. The van der Waals surface area contributed by atoms with Gasteiger partial charge in [0.2, 0.25) is 0 Å². The molecule has 0 spiro atoms. The number of aliphatic hydroxyl groups is 2. The number of aliphatic carboxylic acids is 1. The lowest BCUT2D eigenvalue weighted by Crippen LogP contribution is -2.39. The molecule has 38 heavy (non-hydrogen) atoms. The fourth-order valence-electron chi connectivity index (χ4n) is 3.29. The van der Waals surface area contributed by atoms with Crippen molar-refractivity contribution >= 4 is 32.1 Å². The van der Waals surface area contributed by atoms with E-state index in [0.717, 1.165) is 0 Å². The van der Waals surface area contributed by atoms with E-state index in [1.54, 1.807) is 6.92 Å². The van der Waals surface area contributed by atoms with Gasteiger partial charge in [0, 0.05) is 19.5 Å². The smallest absolute Gasteiger partial charge is 0.358 e. The summed E-state index contributed by atoms with van der Waals surface area (Å²) in [6.45, 7) is 2.66. The van der Waals surface area contributed by atoms with Crippen molar-refractivity contribution in [3.8, 4) is 6.07 Å². The van der Waals surface area contributed by atoms with Gasteiger partial charge in [0.25, 0.3) is 5.56 Å². The van der Waals surface area contributed by atoms with Crippen LogP contribution in [0.15, 0.2) is 4.79 Å². The molecular formula is C20H30N7O10P. The summed E-state index contributed by atoms with van der Waals surface area (Å²) >= 11 is 0. The summed E-state index contributed by atoms with van der Waals surface area (Å²) < 4.78 is 21.5. The maximum Gasteiger partial charge on any atom is 0.358 e. The van der Waals surface area contributed by atoms with Gasteiger partial charge < -0.3 is 45.1 Å². The number of rotatable bonds is 14. The number of aromatic nitrogens is 3. The SMILES string of the molecule is CCOC(=O)C(=N)c1nnn(C2OC(COC(POC(C#N)CC(C)N)C(=O)O)C(O)C2O)c(=O)c1NC. The second-order valence-electron chi connectivity index (χ2n) is 8.07. The largest absolute Gasteiger partial charge is 0.479 e. The van der Waals surface area contributed by atoms with Gasteiger partial charge in [-0.3, -0.25) is 10.2 Å². The third-order valence-corrected chi connectivity index (χ3v) is 6.19. The predicted molar refractivity (Wildman–Crippen MR) is 130 cm³/mol. The Morgan fingerprint density at radius 2 is 2.08 bits per heavy atom. The van der Waals surface area contributed by atoms with Crippen LogP contribution >= 0.6 is 8.81 Å². The Balaban J connectivity index is 2.15. The minimum Gasteiger partial charge on any atom is -0.479 e. The molecule has 0 bridgehead atoms.